The predicted molar refractivity (Wildman–Crippen MR) is 54.3 cm³/mol. The van der Waals surface area contributed by atoms with Crippen LogP contribution in [0.1, 0.15) is 10.8 Å². The molecule has 0 saturated heterocycles. The van der Waals surface area contributed by atoms with E-state index >= 15 is 0 Å². The second-order valence-corrected chi connectivity index (χ2v) is 4.55. The lowest BCUT2D eigenvalue weighted by Gasteiger charge is -2.12. The molecule has 0 heterocycles. The van der Waals surface area contributed by atoms with E-state index in [2.05, 4.69) is 4.74 Å². The molecule has 1 aromatic carbocycles. The molecule has 6 heteroatoms. The number of primary sulfonamides is 1. The normalized spacial score (nSPS) is 13.2. The lowest BCUT2D eigenvalue weighted by atomic mass is 10.1. The number of sulfonamides is 1. The number of ether oxygens (including phenoxy) is 1. The van der Waals surface area contributed by atoms with Crippen LogP contribution in [0.15, 0.2) is 30.3 Å². The predicted octanol–water partition coefficient (Wildman–Crippen LogP) is 0.189. The zero-order valence-corrected chi connectivity index (χ0v) is 8.90. The van der Waals surface area contributed by atoms with Crippen LogP contribution in [0.3, 0.4) is 0 Å². The Morgan fingerprint density at radius 2 is 1.87 bits per heavy atom. The summed E-state index contributed by atoms with van der Waals surface area (Å²) in [6, 6.07) is 7.96. The average Bonchev–Trinajstić information content (AvgIpc) is 2.17. The summed E-state index contributed by atoms with van der Waals surface area (Å²) in [6.07, 6.45) is 0. The molecule has 0 bridgehead atoms. The minimum absolute atomic E-state index is 0.298. The first-order valence-corrected chi connectivity index (χ1v) is 5.72. The van der Waals surface area contributed by atoms with Crippen molar-refractivity contribution in [3.63, 3.8) is 0 Å². The molecule has 1 rings (SSSR count). The number of esters is 1. The maximum atomic E-state index is 11.3. The topological polar surface area (TPSA) is 86.5 Å². The van der Waals surface area contributed by atoms with Crippen molar-refractivity contribution in [1.29, 1.82) is 0 Å². The van der Waals surface area contributed by atoms with Crippen LogP contribution in [-0.2, 0) is 19.6 Å². The van der Waals surface area contributed by atoms with Crippen LogP contribution in [0.5, 0.6) is 0 Å². The van der Waals surface area contributed by atoms with Crippen LogP contribution in [0, 0.1) is 0 Å². The van der Waals surface area contributed by atoms with Gasteiger partial charge in [-0.3, -0.25) is 4.79 Å². The van der Waals surface area contributed by atoms with Crippen molar-refractivity contribution in [3.8, 4) is 0 Å². The molecule has 5 nitrogen and oxygen atoms in total. The number of nitrogens with two attached hydrogens (primary N) is 1. The molecule has 82 valence electrons. The monoisotopic (exact) mass is 229 g/mol. The molecular weight excluding hydrogens is 218 g/mol. The average molecular weight is 229 g/mol. The van der Waals surface area contributed by atoms with Gasteiger partial charge < -0.3 is 4.74 Å². The van der Waals surface area contributed by atoms with Gasteiger partial charge in [-0.05, 0) is 5.56 Å². The van der Waals surface area contributed by atoms with Gasteiger partial charge in [0.1, 0.15) is 0 Å². The van der Waals surface area contributed by atoms with Crippen molar-refractivity contribution in [2.75, 3.05) is 7.11 Å². The minimum atomic E-state index is -4.00. The highest BCUT2D eigenvalue weighted by Crippen LogP contribution is 2.20. The number of hydrogen-bond donors (Lipinski definition) is 1. The molecule has 2 N–H and O–H groups in total. The van der Waals surface area contributed by atoms with Gasteiger partial charge in [-0.1, -0.05) is 30.3 Å². The number of hydrogen-bond acceptors (Lipinski definition) is 4. The molecule has 0 radical (unpaired) electrons. The van der Waals surface area contributed by atoms with Crippen molar-refractivity contribution >= 4 is 16.0 Å². The van der Waals surface area contributed by atoms with E-state index in [0.29, 0.717) is 5.56 Å². The van der Waals surface area contributed by atoms with Crippen molar-refractivity contribution in [2.45, 2.75) is 5.25 Å². The zero-order valence-electron chi connectivity index (χ0n) is 8.08. The molecule has 1 aromatic rings. The van der Waals surface area contributed by atoms with Gasteiger partial charge in [0, 0.05) is 0 Å². The molecule has 0 aliphatic rings. The van der Waals surface area contributed by atoms with Gasteiger partial charge in [-0.2, -0.15) is 0 Å². The van der Waals surface area contributed by atoms with E-state index in [-0.39, 0.29) is 0 Å². The van der Waals surface area contributed by atoms with Gasteiger partial charge in [-0.25, -0.2) is 13.6 Å². The molecule has 15 heavy (non-hydrogen) atoms. The smallest absolute Gasteiger partial charge is 0.330 e. The number of methoxy groups -OCH3 is 1. The lowest BCUT2D eigenvalue weighted by molar-refractivity contribution is -0.140. The van der Waals surface area contributed by atoms with E-state index in [4.69, 9.17) is 5.14 Å². The van der Waals surface area contributed by atoms with Gasteiger partial charge in [0.2, 0.25) is 10.0 Å². The standard InChI is InChI=1S/C9H11NO4S/c1-14-9(11)8(15(10,12)13)7-5-3-2-4-6-7/h2-6,8H,1H3,(H2,10,12,13). The number of rotatable bonds is 3. The second-order valence-electron chi connectivity index (χ2n) is 2.90. The fourth-order valence-electron chi connectivity index (χ4n) is 1.19. The van der Waals surface area contributed by atoms with E-state index in [9.17, 15) is 13.2 Å². The minimum Gasteiger partial charge on any atom is -0.468 e. The summed E-state index contributed by atoms with van der Waals surface area (Å²) in [5.74, 6) is -0.885. The fraction of sp³-hybridized carbons (Fsp3) is 0.222. The molecule has 1 unspecified atom stereocenters. The van der Waals surface area contributed by atoms with E-state index in [1.165, 1.54) is 12.1 Å². The number of carbonyl (C=O) groups is 1. The fourth-order valence-corrected chi connectivity index (χ4v) is 2.10. The van der Waals surface area contributed by atoms with Gasteiger partial charge in [0.15, 0.2) is 5.25 Å². The number of benzene rings is 1. The maximum Gasteiger partial charge on any atom is 0.330 e. The van der Waals surface area contributed by atoms with Crippen molar-refractivity contribution in [1.82, 2.24) is 0 Å². The summed E-state index contributed by atoms with van der Waals surface area (Å²) in [5, 5.41) is 3.50. The van der Waals surface area contributed by atoms with Gasteiger partial charge in [0.05, 0.1) is 7.11 Å². The maximum absolute atomic E-state index is 11.3. The zero-order chi connectivity index (χ0) is 11.5. The summed E-state index contributed by atoms with van der Waals surface area (Å²) in [4.78, 5) is 11.3. The molecule has 0 fully saturated rings. The first-order chi connectivity index (χ1) is 6.96. The first-order valence-electron chi connectivity index (χ1n) is 4.11. The Kier molecular flexibility index (Phi) is 3.43. The molecule has 0 aromatic heterocycles. The third kappa shape index (κ3) is 2.77. The van der Waals surface area contributed by atoms with E-state index < -0.39 is 21.2 Å². The molecular formula is C9H11NO4S. The summed E-state index contributed by atoms with van der Waals surface area (Å²) < 4.78 is 26.8. The highest BCUT2D eigenvalue weighted by Gasteiger charge is 2.32. The van der Waals surface area contributed by atoms with E-state index in [1.54, 1.807) is 18.2 Å². The van der Waals surface area contributed by atoms with Gasteiger partial charge >= 0.3 is 5.97 Å². The summed E-state index contributed by atoms with van der Waals surface area (Å²) in [5.41, 5.74) is 0.298. The van der Waals surface area contributed by atoms with E-state index in [1.807, 2.05) is 0 Å². The second kappa shape index (κ2) is 4.41. The van der Waals surface area contributed by atoms with Crippen LogP contribution in [0.25, 0.3) is 0 Å². The Bertz CT molecular complexity index is 440. The van der Waals surface area contributed by atoms with Crippen LogP contribution in [-0.4, -0.2) is 21.5 Å². The van der Waals surface area contributed by atoms with E-state index in [0.717, 1.165) is 7.11 Å². The first kappa shape index (κ1) is 11.7. The molecule has 0 aliphatic carbocycles. The Balaban J connectivity index is 3.20. The third-order valence-corrected chi connectivity index (χ3v) is 2.97. The lowest BCUT2D eigenvalue weighted by Crippen LogP contribution is -2.29. The van der Waals surface area contributed by atoms with Gasteiger partial charge in [0.25, 0.3) is 0 Å². The quantitative estimate of drug-likeness (QED) is 0.749. The van der Waals surface area contributed by atoms with Crippen LogP contribution < -0.4 is 5.14 Å². The summed E-state index contributed by atoms with van der Waals surface area (Å²) in [6.45, 7) is 0. The van der Waals surface area contributed by atoms with Crippen LogP contribution in [0.2, 0.25) is 0 Å². The van der Waals surface area contributed by atoms with Crippen molar-refractivity contribution in [3.05, 3.63) is 35.9 Å². The molecule has 0 amide bonds. The third-order valence-electron chi connectivity index (χ3n) is 1.85. The molecule has 0 saturated carbocycles. The Morgan fingerprint density at radius 3 is 2.27 bits per heavy atom. The highest BCUT2D eigenvalue weighted by molar-refractivity contribution is 7.90. The Hall–Kier alpha value is -1.40. The molecule has 0 aliphatic heterocycles. The Labute approximate surface area is 87.9 Å². The Morgan fingerprint density at radius 1 is 1.33 bits per heavy atom. The number of carbonyl (C=O) groups excluding carboxylic acids is 1. The SMILES string of the molecule is COC(=O)C(c1ccccc1)S(N)(=O)=O. The summed E-state index contributed by atoms with van der Waals surface area (Å²) in [7, 11) is -2.89. The summed E-state index contributed by atoms with van der Waals surface area (Å²) >= 11 is 0. The van der Waals surface area contributed by atoms with Gasteiger partial charge in [-0.15, -0.1) is 0 Å². The van der Waals surface area contributed by atoms with Crippen molar-refractivity contribution in [2.24, 2.45) is 5.14 Å². The molecule has 0 spiro atoms. The largest absolute Gasteiger partial charge is 0.468 e. The molecule has 1 atom stereocenters. The van der Waals surface area contributed by atoms with Crippen LogP contribution in [0.4, 0.5) is 0 Å². The highest BCUT2D eigenvalue weighted by atomic mass is 32.2. The van der Waals surface area contributed by atoms with Crippen LogP contribution >= 0.6 is 0 Å². The van der Waals surface area contributed by atoms with Crippen molar-refractivity contribution < 1.29 is 17.9 Å².